The minimum absolute atomic E-state index is 0.140. The molecule has 5 heteroatoms. The van der Waals surface area contributed by atoms with Gasteiger partial charge in [-0.25, -0.2) is 4.39 Å². The number of benzene rings is 1. The molecule has 1 aliphatic heterocycles. The first-order valence-corrected chi connectivity index (χ1v) is 7.08. The van der Waals surface area contributed by atoms with Gasteiger partial charge in [0, 0.05) is 31.6 Å². The van der Waals surface area contributed by atoms with Crippen molar-refractivity contribution in [2.24, 2.45) is 5.73 Å². The van der Waals surface area contributed by atoms with E-state index >= 15 is 0 Å². The fraction of sp³-hybridized carbons (Fsp3) is 0.533. The molecule has 20 heavy (non-hydrogen) atoms. The van der Waals surface area contributed by atoms with Crippen molar-refractivity contribution in [3.63, 3.8) is 0 Å². The van der Waals surface area contributed by atoms with Crippen LogP contribution in [0.4, 0.5) is 4.39 Å². The zero-order valence-electron chi connectivity index (χ0n) is 11.6. The lowest BCUT2D eigenvalue weighted by molar-refractivity contribution is -0.132. The molecule has 1 fully saturated rings. The van der Waals surface area contributed by atoms with E-state index in [0.717, 1.165) is 19.4 Å². The SMILES string of the molecule is NCC1CCCN1C(=O)CCCOc1cccc(F)c1. The first-order valence-electron chi connectivity index (χ1n) is 7.08. The van der Waals surface area contributed by atoms with Gasteiger partial charge < -0.3 is 15.4 Å². The van der Waals surface area contributed by atoms with E-state index in [4.69, 9.17) is 10.5 Å². The van der Waals surface area contributed by atoms with Crippen molar-refractivity contribution in [2.45, 2.75) is 31.7 Å². The van der Waals surface area contributed by atoms with Crippen LogP contribution in [-0.4, -0.2) is 36.5 Å². The van der Waals surface area contributed by atoms with Crippen molar-refractivity contribution in [3.05, 3.63) is 30.1 Å². The summed E-state index contributed by atoms with van der Waals surface area (Å²) in [6.45, 7) is 1.76. The topological polar surface area (TPSA) is 55.6 Å². The third kappa shape index (κ3) is 3.93. The van der Waals surface area contributed by atoms with Gasteiger partial charge in [-0.1, -0.05) is 6.07 Å². The number of carbonyl (C=O) groups excluding carboxylic acids is 1. The Hall–Kier alpha value is -1.62. The highest BCUT2D eigenvalue weighted by Crippen LogP contribution is 2.18. The van der Waals surface area contributed by atoms with E-state index in [1.165, 1.54) is 12.1 Å². The fourth-order valence-corrected chi connectivity index (χ4v) is 2.52. The number of amides is 1. The molecule has 1 heterocycles. The second-order valence-electron chi connectivity index (χ2n) is 5.03. The summed E-state index contributed by atoms with van der Waals surface area (Å²) in [5.74, 6) is 0.320. The molecule has 0 bridgehead atoms. The van der Waals surface area contributed by atoms with Crippen LogP contribution in [0.5, 0.6) is 5.75 Å². The first-order chi connectivity index (χ1) is 9.70. The standard InChI is InChI=1S/C15H21FN2O2/c16-12-4-1-6-14(10-12)20-9-3-7-15(19)18-8-2-5-13(18)11-17/h1,4,6,10,13H,2-3,5,7-9,11,17H2. The van der Waals surface area contributed by atoms with E-state index in [1.807, 2.05) is 4.90 Å². The Labute approximate surface area is 118 Å². The molecule has 0 saturated carbocycles. The number of hydrogen-bond acceptors (Lipinski definition) is 3. The molecule has 110 valence electrons. The van der Waals surface area contributed by atoms with Crippen LogP contribution in [0.2, 0.25) is 0 Å². The summed E-state index contributed by atoms with van der Waals surface area (Å²) in [5.41, 5.74) is 5.65. The van der Waals surface area contributed by atoms with Gasteiger partial charge in [0.1, 0.15) is 11.6 Å². The second kappa shape index (κ2) is 7.24. The number of rotatable bonds is 6. The van der Waals surface area contributed by atoms with Crippen molar-refractivity contribution >= 4 is 5.91 Å². The summed E-state index contributed by atoms with van der Waals surface area (Å²) in [6.07, 6.45) is 3.12. The first kappa shape index (κ1) is 14.8. The Morgan fingerprint density at radius 1 is 1.50 bits per heavy atom. The van der Waals surface area contributed by atoms with Crippen LogP contribution in [-0.2, 0) is 4.79 Å². The third-order valence-corrected chi connectivity index (χ3v) is 3.57. The van der Waals surface area contributed by atoms with Gasteiger partial charge in [0.25, 0.3) is 0 Å². The van der Waals surface area contributed by atoms with Gasteiger partial charge in [0.05, 0.1) is 6.61 Å². The van der Waals surface area contributed by atoms with Crippen LogP contribution in [0.15, 0.2) is 24.3 Å². The van der Waals surface area contributed by atoms with E-state index in [1.54, 1.807) is 12.1 Å². The molecule has 2 rings (SSSR count). The average molecular weight is 280 g/mol. The summed E-state index contributed by atoms with van der Waals surface area (Å²) in [5, 5.41) is 0. The number of halogens is 1. The summed E-state index contributed by atoms with van der Waals surface area (Å²) in [6, 6.07) is 6.22. The lowest BCUT2D eigenvalue weighted by Crippen LogP contribution is -2.39. The van der Waals surface area contributed by atoms with E-state index in [0.29, 0.717) is 31.7 Å². The number of carbonyl (C=O) groups is 1. The summed E-state index contributed by atoms with van der Waals surface area (Å²) < 4.78 is 18.4. The van der Waals surface area contributed by atoms with E-state index in [9.17, 15) is 9.18 Å². The molecule has 1 unspecified atom stereocenters. The molecule has 0 aromatic heterocycles. The summed E-state index contributed by atoms with van der Waals surface area (Å²) in [7, 11) is 0. The lowest BCUT2D eigenvalue weighted by Gasteiger charge is -2.23. The van der Waals surface area contributed by atoms with Crippen molar-refractivity contribution in [3.8, 4) is 5.75 Å². The maximum Gasteiger partial charge on any atom is 0.222 e. The highest BCUT2D eigenvalue weighted by molar-refractivity contribution is 5.76. The molecule has 1 aliphatic rings. The molecular weight excluding hydrogens is 259 g/mol. The van der Waals surface area contributed by atoms with Crippen molar-refractivity contribution in [1.29, 1.82) is 0 Å². The van der Waals surface area contributed by atoms with Crippen LogP contribution in [0, 0.1) is 5.82 Å². The van der Waals surface area contributed by atoms with Crippen molar-refractivity contribution in [1.82, 2.24) is 4.90 Å². The molecule has 0 spiro atoms. The summed E-state index contributed by atoms with van der Waals surface area (Å²) in [4.78, 5) is 13.9. The molecule has 4 nitrogen and oxygen atoms in total. The molecule has 1 aromatic carbocycles. The largest absolute Gasteiger partial charge is 0.493 e. The highest BCUT2D eigenvalue weighted by atomic mass is 19.1. The maximum atomic E-state index is 12.9. The van der Waals surface area contributed by atoms with Crippen LogP contribution >= 0.6 is 0 Å². The smallest absolute Gasteiger partial charge is 0.222 e. The van der Waals surface area contributed by atoms with E-state index < -0.39 is 0 Å². The Morgan fingerprint density at radius 3 is 3.10 bits per heavy atom. The van der Waals surface area contributed by atoms with Crippen LogP contribution in [0.3, 0.4) is 0 Å². The molecule has 1 atom stereocenters. The van der Waals surface area contributed by atoms with E-state index in [-0.39, 0.29) is 17.8 Å². The molecule has 1 saturated heterocycles. The zero-order chi connectivity index (χ0) is 14.4. The number of likely N-dealkylation sites (tertiary alicyclic amines) is 1. The maximum absolute atomic E-state index is 12.9. The molecule has 2 N–H and O–H groups in total. The van der Waals surface area contributed by atoms with Gasteiger partial charge >= 0.3 is 0 Å². The second-order valence-corrected chi connectivity index (χ2v) is 5.03. The number of nitrogens with two attached hydrogens (primary N) is 1. The predicted octanol–water partition coefficient (Wildman–Crippen LogP) is 1.93. The Bertz CT molecular complexity index is 453. The van der Waals surface area contributed by atoms with Gasteiger partial charge in [-0.3, -0.25) is 4.79 Å². The molecule has 0 aliphatic carbocycles. The quantitative estimate of drug-likeness (QED) is 0.810. The third-order valence-electron chi connectivity index (χ3n) is 3.57. The lowest BCUT2D eigenvalue weighted by atomic mass is 10.2. The monoisotopic (exact) mass is 280 g/mol. The number of nitrogens with zero attached hydrogens (tertiary/aromatic N) is 1. The molecular formula is C15H21FN2O2. The van der Waals surface area contributed by atoms with Crippen LogP contribution in [0.1, 0.15) is 25.7 Å². The minimum Gasteiger partial charge on any atom is -0.493 e. The van der Waals surface area contributed by atoms with Crippen LogP contribution in [0.25, 0.3) is 0 Å². The van der Waals surface area contributed by atoms with Gasteiger partial charge in [0.15, 0.2) is 0 Å². The van der Waals surface area contributed by atoms with Crippen molar-refractivity contribution in [2.75, 3.05) is 19.7 Å². The highest BCUT2D eigenvalue weighted by Gasteiger charge is 2.26. The van der Waals surface area contributed by atoms with Gasteiger partial charge in [-0.2, -0.15) is 0 Å². The Kier molecular flexibility index (Phi) is 5.35. The number of ether oxygens (including phenoxy) is 1. The summed E-state index contributed by atoms with van der Waals surface area (Å²) >= 11 is 0. The van der Waals surface area contributed by atoms with Gasteiger partial charge in [-0.15, -0.1) is 0 Å². The fourth-order valence-electron chi connectivity index (χ4n) is 2.52. The Morgan fingerprint density at radius 2 is 2.35 bits per heavy atom. The molecule has 1 aromatic rings. The molecule has 0 radical (unpaired) electrons. The van der Waals surface area contributed by atoms with Gasteiger partial charge in [0.2, 0.25) is 5.91 Å². The zero-order valence-corrected chi connectivity index (χ0v) is 11.6. The average Bonchev–Trinajstić information content (AvgIpc) is 2.92. The van der Waals surface area contributed by atoms with Gasteiger partial charge in [-0.05, 0) is 31.4 Å². The van der Waals surface area contributed by atoms with Crippen molar-refractivity contribution < 1.29 is 13.9 Å². The van der Waals surface area contributed by atoms with E-state index in [2.05, 4.69) is 0 Å². The Balaban J connectivity index is 1.69. The predicted molar refractivity (Wildman–Crippen MR) is 74.9 cm³/mol. The minimum atomic E-state index is -0.318. The number of hydrogen-bond donors (Lipinski definition) is 1. The normalized spacial score (nSPS) is 18.3. The van der Waals surface area contributed by atoms with Crippen LogP contribution < -0.4 is 10.5 Å². The molecule has 1 amide bonds.